The maximum atomic E-state index is 12.7. The first-order valence-electron chi connectivity index (χ1n) is 7.89. The minimum atomic E-state index is -4.58. The number of terminal acetylenes is 1. The van der Waals surface area contributed by atoms with Crippen LogP contribution in [0.3, 0.4) is 0 Å². The van der Waals surface area contributed by atoms with Crippen LogP contribution in [0.15, 0.2) is 23.3 Å². The van der Waals surface area contributed by atoms with Crippen molar-refractivity contribution >= 4 is 23.2 Å². The summed E-state index contributed by atoms with van der Waals surface area (Å²) < 4.78 is 38.1. The molecule has 1 aliphatic rings. The standard InChI is InChI=1S/C18H18F3N3O2/c1-4-9-23(11-18(19,20)21)17(26)14-7-8-16(25)24(22-14)15-10-12(2)5-6-13(15)3/h1,5-6,10H,7-9,11H2,2-3H3. The van der Waals surface area contributed by atoms with E-state index in [4.69, 9.17) is 6.42 Å². The van der Waals surface area contributed by atoms with Gasteiger partial charge in [0.1, 0.15) is 12.3 Å². The summed E-state index contributed by atoms with van der Waals surface area (Å²) in [5, 5.41) is 5.13. The molecule has 0 atom stereocenters. The number of hydrogen-bond acceptors (Lipinski definition) is 3. The quantitative estimate of drug-likeness (QED) is 0.771. The van der Waals surface area contributed by atoms with Crippen molar-refractivity contribution in [1.82, 2.24) is 4.90 Å². The average Bonchev–Trinajstić information content (AvgIpc) is 2.55. The van der Waals surface area contributed by atoms with E-state index in [0.29, 0.717) is 10.6 Å². The molecule has 5 nitrogen and oxygen atoms in total. The highest BCUT2D eigenvalue weighted by atomic mass is 19.4. The first kappa shape index (κ1) is 19.5. The number of hydrogen-bond donors (Lipinski definition) is 0. The summed E-state index contributed by atoms with van der Waals surface area (Å²) in [4.78, 5) is 25.2. The number of alkyl halides is 3. The van der Waals surface area contributed by atoms with Gasteiger partial charge in [-0.25, -0.2) is 5.01 Å². The van der Waals surface area contributed by atoms with Gasteiger partial charge in [0.15, 0.2) is 0 Å². The van der Waals surface area contributed by atoms with Crippen molar-refractivity contribution < 1.29 is 22.8 Å². The highest BCUT2D eigenvalue weighted by molar-refractivity contribution is 6.40. The summed E-state index contributed by atoms with van der Waals surface area (Å²) in [5.41, 5.74) is 2.03. The molecule has 1 aromatic rings. The number of hydrazone groups is 1. The zero-order chi connectivity index (χ0) is 19.5. The van der Waals surface area contributed by atoms with E-state index in [9.17, 15) is 22.8 Å². The van der Waals surface area contributed by atoms with E-state index in [-0.39, 0.29) is 24.5 Å². The molecule has 138 valence electrons. The molecule has 0 unspecified atom stereocenters. The van der Waals surface area contributed by atoms with Gasteiger partial charge in [-0.05, 0) is 31.0 Å². The Balaban J connectivity index is 2.36. The second-order valence-electron chi connectivity index (χ2n) is 6.02. The Morgan fingerprint density at radius 3 is 2.65 bits per heavy atom. The lowest BCUT2D eigenvalue weighted by Crippen LogP contribution is -2.45. The van der Waals surface area contributed by atoms with E-state index < -0.39 is 25.2 Å². The predicted octanol–water partition coefficient (Wildman–Crippen LogP) is 2.81. The first-order chi connectivity index (χ1) is 12.1. The minimum Gasteiger partial charge on any atom is -0.317 e. The van der Waals surface area contributed by atoms with Crippen molar-refractivity contribution in [3.05, 3.63) is 29.3 Å². The van der Waals surface area contributed by atoms with E-state index in [1.54, 1.807) is 19.1 Å². The predicted molar refractivity (Wildman–Crippen MR) is 91.5 cm³/mol. The smallest absolute Gasteiger partial charge is 0.317 e. The van der Waals surface area contributed by atoms with Gasteiger partial charge in [-0.15, -0.1) is 6.42 Å². The number of carbonyl (C=O) groups is 2. The largest absolute Gasteiger partial charge is 0.406 e. The molecular formula is C18H18F3N3O2. The van der Waals surface area contributed by atoms with Crippen LogP contribution in [0.2, 0.25) is 0 Å². The normalized spacial score (nSPS) is 14.7. The van der Waals surface area contributed by atoms with Crippen LogP contribution < -0.4 is 5.01 Å². The molecule has 0 spiro atoms. The van der Waals surface area contributed by atoms with E-state index in [2.05, 4.69) is 5.10 Å². The summed E-state index contributed by atoms with van der Waals surface area (Å²) >= 11 is 0. The summed E-state index contributed by atoms with van der Waals surface area (Å²) in [6, 6.07) is 5.40. The molecule has 0 aliphatic carbocycles. The number of anilines is 1. The van der Waals surface area contributed by atoms with Gasteiger partial charge < -0.3 is 4.90 Å². The SMILES string of the molecule is C#CCN(CC(F)(F)F)C(=O)C1=NN(c2cc(C)ccc2C)C(=O)CC1. The van der Waals surface area contributed by atoms with E-state index in [1.807, 2.05) is 18.9 Å². The third kappa shape index (κ3) is 4.63. The fraction of sp³-hybridized carbons (Fsp3) is 0.389. The van der Waals surface area contributed by atoms with Crippen LogP contribution in [0.5, 0.6) is 0 Å². The average molecular weight is 365 g/mol. The summed E-state index contributed by atoms with van der Waals surface area (Å²) in [5.74, 6) is 0.810. The third-order valence-corrected chi connectivity index (χ3v) is 3.81. The fourth-order valence-electron chi connectivity index (χ4n) is 2.55. The highest BCUT2D eigenvalue weighted by Crippen LogP contribution is 2.26. The van der Waals surface area contributed by atoms with Crippen LogP contribution >= 0.6 is 0 Å². The number of rotatable bonds is 4. The van der Waals surface area contributed by atoms with Gasteiger partial charge in [-0.3, -0.25) is 9.59 Å². The molecule has 0 saturated heterocycles. The van der Waals surface area contributed by atoms with Crippen LogP contribution in [0.4, 0.5) is 18.9 Å². The van der Waals surface area contributed by atoms with Gasteiger partial charge in [0.05, 0.1) is 12.2 Å². The molecule has 2 rings (SSSR count). The Hall–Kier alpha value is -2.82. The van der Waals surface area contributed by atoms with Crippen molar-refractivity contribution in [1.29, 1.82) is 0 Å². The molecule has 1 heterocycles. The van der Waals surface area contributed by atoms with Gasteiger partial charge in [-0.1, -0.05) is 18.1 Å². The van der Waals surface area contributed by atoms with Crippen molar-refractivity contribution in [2.45, 2.75) is 32.9 Å². The minimum absolute atomic E-state index is 0.0200. The Morgan fingerprint density at radius 2 is 2.04 bits per heavy atom. The molecule has 2 amide bonds. The van der Waals surface area contributed by atoms with Crippen LogP contribution in [0.25, 0.3) is 0 Å². The second kappa shape index (κ2) is 7.60. The van der Waals surface area contributed by atoms with Gasteiger partial charge in [0.25, 0.3) is 5.91 Å². The van der Waals surface area contributed by atoms with Crippen molar-refractivity contribution in [2.24, 2.45) is 5.10 Å². The van der Waals surface area contributed by atoms with Gasteiger partial charge >= 0.3 is 6.18 Å². The molecule has 0 saturated carbocycles. The zero-order valence-corrected chi connectivity index (χ0v) is 14.4. The topological polar surface area (TPSA) is 53.0 Å². The van der Waals surface area contributed by atoms with E-state index in [0.717, 1.165) is 16.1 Å². The van der Waals surface area contributed by atoms with E-state index in [1.165, 1.54) is 0 Å². The molecule has 1 aromatic carbocycles. The van der Waals surface area contributed by atoms with Crippen molar-refractivity contribution in [3.8, 4) is 12.3 Å². The zero-order valence-electron chi connectivity index (χ0n) is 14.4. The lowest BCUT2D eigenvalue weighted by Gasteiger charge is -2.27. The fourth-order valence-corrected chi connectivity index (χ4v) is 2.55. The molecule has 0 N–H and O–H groups in total. The third-order valence-electron chi connectivity index (χ3n) is 3.81. The van der Waals surface area contributed by atoms with Crippen LogP contribution in [-0.2, 0) is 9.59 Å². The second-order valence-corrected chi connectivity index (χ2v) is 6.02. The molecular weight excluding hydrogens is 347 g/mol. The monoisotopic (exact) mass is 365 g/mol. The number of nitrogens with zero attached hydrogens (tertiary/aromatic N) is 3. The van der Waals surface area contributed by atoms with Crippen molar-refractivity contribution in [2.75, 3.05) is 18.1 Å². The maximum Gasteiger partial charge on any atom is 0.406 e. The molecule has 26 heavy (non-hydrogen) atoms. The Morgan fingerprint density at radius 1 is 1.35 bits per heavy atom. The molecule has 1 aliphatic heterocycles. The first-order valence-corrected chi connectivity index (χ1v) is 7.89. The number of carbonyl (C=O) groups excluding carboxylic acids is 2. The van der Waals surface area contributed by atoms with Gasteiger partial charge in [-0.2, -0.15) is 18.3 Å². The maximum absolute atomic E-state index is 12.7. The van der Waals surface area contributed by atoms with Gasteiger partial charge in [0, 0.05) is 12.8 Å². The van der Waals surface area contributed by atoms with Crippen molar-refractivity contribution in [3.63, 3.8) is 0 Å². The van der Waals surface area contributed by atoms with Crippen LogP contribution in [0, 0.1) is 26.2 Å². The van der Waals surface area contributed by atoms with Gasteiger partial charge in [0.2, 0.25) is 5.91 Å². The molecule has 8 heteroatoms. The Bertz CT molecular complexity index is 794. The molecule has 0 aromatic heterocycles. The molecule has 0 radical (unpaired) electrons. The summed E-state index contributed by atoms with van der Waals surface area (Å²) in [6.45, 7) is 1.66. The number of halogens is 3. The van der Waals surface area contributed by atoms with Crippen LogP contribution in [0.1, 0.15) is 24.0 Å². The Labute approximate surface area is 149 Å². The summed E-state index contributed by atoms with van der Waals surface area (Å²) in [7, 11) is 0. The van der Waals surface area contributed by atoms with Crippen LogP contribution in [-0.4, -0.2) is 41.7 Å². The number of aryl methyl sites for hydroxylation is 2. The Kier molecular flexibility index (Phi) is 5.70. The number of benzene rings is 1. The molecule has 0 fully saturated rings. The summed E-state index contributed by atoms with van der Waals surface area (Å²) in [6.07, 6.45) is 0.448. The lowest BCUT2D eigenvalue weighted by molar-refractivity contribution is -0.155. The highest BCUT2D eigenvalue weighted by Gasteiger charge is 2.35. The van der Waals surface area contributed by atoms with E-state index >= 15 is 0 Å². The molecule has 0 bridgehead atoms. The lowest BCUT2D eigenvalue weighted by atomic mass is 10.1. The number of amides is 2.